The van der Waals surface area contributed by atoms with Crippen LogP contribution in [-0.4, -0.2) is 34.2 Å². The van der Waals surface area contributed by atoms with Crippen LogP contribution in [0.5, 0.6) is 0 Å². The van der Waals surface area contributed by atoms with E-state index in [9.17, 15) is 28.3 Å². The number of carbonyl (C=O) groups is 1. The third-order valence-corrected chi connectivity index (χ3v) is 7.03. The number of halogens is 3. The highest BCUT2D eigenvalue weighted by Crippen LogP contribution is 2.41. The van der Waals surface area contributed by atoms with Gasteiger partial charge in [-0.1, -0.05) is 30.3 Å². The van der Waals surface area contributed by atoms with Crippen molar-refractivity contribution in [3.05, 3.63) is 70.8 Å². The molecule has 2 aromatic carbocycles. The molecule has 1 N–H and O–H groups in total. The molecule has 174 valence electrons. The Morgan fingerprint density at radius 3 is 2.03 bits per heavy atom. The smallest absolute Gasteiger partial charge is 0.376 e. The van der Waals surface area contributed by atoms with Crippen molar-refractivity contribution in [2.45, 2.75) is 75.2 Å². The maximum Gasteiger partial charge on any atom is 0.421 e. The number of nitriles is 1. The van der Waals surface area contributed by atoms with Gasteiger partial charge in [-0.25, -0.2) is 0 Å². The predicted octanol–water partition coefficient (Wildman–Crippen LogP) is 5.66. The van der Waals surface area contributed by atoms with E-state index in [-0.39, 0.29) is 29.5 Å². The first-order valence-corrected chi connectivity index (χ1v) is 11.3. The Morgan fingerprint density at radius 1 is 0.970 bits per heavy atom. The zero-order valence-electron chi connectivity index (χ0n) is 18.5. The van der Waals surface area contributed by atoms with Crippen LogP contribution < -0.4 is 0 Å². The lowest BCUT2D eigenvalue weighted by Gasteiger charge is -2.37. The monoisotopic (exact) mass is 456 g/mol. The van der Waals surface area contributed by atoms with Crippen LogP contribution in [-0.2, 0) is 5.60 Å². The molecular weight excluding hydrogens is 429 g/mol. The number of amides is 1. The van der Waals surface area contributed by atoms with Crippen molar-refractivity contribution in [2.24, 2.45) is 0 Å². The van der Waals surface area contributed by atoms with Crippen molar-refractivity contribution >= 4 is 5.91 Å². The van der Waals surface area contributed by atoms with Gasteiger partial charge in [-0.05, 0) is 80.7 Å². The second kappa shape index (κ2) is 8.83. The van der Waals surface area contributed by atoms with Gasteiger partial charge in [0.25, 0.3) is 5.91 Å². The molecule has 2 aromatic rings. The minimum absolute atomic E-state index is 0.0773. The van der Waals surface area contributed by atoms with E-state index >= 15 is 0 Å². The summed E-state index contributed by atoms with van der Waals surface area (Å²) in [6.07, 6.45) is 0.483. The first kappa shape index (κ1) is 23.3. The molecule has 0 unspecified atom stereocenters. The van der Waals surface area contributed by atoms with E-state index in [0.29, 0.717) is 18.1 Å². The summed E-state index contributed by atoms with van der Waals surface area (Å²) >= 11 is 0. The third-order valence-electron chi connectivity index (χ3n) is 7.03. The molecule has 2 saturated carbocycles. The fraction of sp³-hybridized carbons (Fsp3) is 0.462. The Labute approximate surface area is 191 Å². The van der Waals surface area contributed by atoms with Crippen LogP contribution in [0.2, 0.25) is 0 Å². The van der Waals surface area contributed by atoms with Gasteiger partial charge >= 0.3 is 6.18 Å². The van der Waals surface area contributed by atoms with Crippen LogP contribution in [0.3, 0.4) is 0 Å². The zero-order chi connectivity index (χ0) is 23.8. The van der Waals surface area contributed by atoms with Crippen LogP contribution in [0.4, 0.5) is 13.2 Å². The van der Waals surface area contributed by atoms with Crippen molar-refractivity contribution in [1.82, 2.24) is 4.90 Å². The molecule has 0 spiro atoms. The Bertz CT molecular complexity index is 1040. The number of carbonyl (C=O) groups excluding carboxylic acids is 1. The molecule has 2 fully saturated rings. The lowest BCUT2D eigenvalue weighted by atomic mass is 9.79. The van der Waals surface area contributed by atoms with Gasteiger partial charge in [-0.3, -0.25) is 4.79 Å². The molecule has 0 saturated heterocycles. The maximum atomic E-state index is 13.3. The average Bonchev–Trinajstić information content (AvgIpc) is 3.64. The quantitative estimate of drug-likeness (QED) is 0.632. The number of rotatable bonds is 5. The predicted molar refractivity (Wildman–Crippen MR) is 117 cm³/mol. The number of aliphatic hydroxyl groups is 1. The van der Waals surface area contributed by atoms with Gasteiger partial charge in [0.05, 0.1) is 11.6 Å². The van der Waals surface area contributed by atoms with Gasteiger partial charge in [0.1, 0.15) is 0 Å². The lowest BCUT2D eigenvalue weighted by Crippen LogP contribution is -2.44. The second-order valence-electron chi connectivity index (χ2n) is 9.30. The number of hydrogen-bond acceptors (Lipinski definition) is 3. The fourth-order valence-corrected chi connectivity index (χ4v) is 4.85. The van der Waals surface area contributed by atoms with E-state index < -0.39 is 11.8 Å². The first-order chi connectivity index (χ1) is 15.6. The van der Waals surface area contributed by atoms with Crippen LogP contribution in [0, 0.1) is 11.3 Å². The van der Waals surface area contributed by atoms with Crippen molar-refractivity contribution in [2.75, 3.05) is 0 Å². The molecule has 0 heterocycles. The van der Waals surface area contributed by atoms with E-state index in [4.69, 9.17) is 0 Å². The van der Waals surface area contributed by atoms with Gasteiger partial charge in [-0.15, -0.1) is 0 Å². The summed E-state index contributed by atoms with van der Waals surface area (Å²) in [5.74, 6) is 0.119. The number of alkyl halides is 3. The van der Waals surface area contributed by atoms with Crippen LogP contribution >= 0.6 is 0 Å². The Kier molecular flexibility index (Phi) is 6.24. The Morgan fingerprint density at radius 2 is 1.52 bits per heavy atom. The number of hydrogen-bond donors (Lipinski definition) is 1. The molecule has 0 bridgehead atoms. The summed E-state index contributed by atoms with van der Waals surface area (Å²) in [4.78, 5) is 15.3. The molecule has 2 aliphatic carbocycles. The largest absolute Gasteiger partial charge is 0.421 e. The Balaban J connectivity index is 1.48. The SMILES string of the molecule is C[C@](O)(c1ccc(C(=O)N(C2CCC(c3ccccc3C#N)CC2)C2CC2)cc1)C(F)(F)F. The normalized spacial score (nSPS) is 22.8. The van der Waals surface area contributed by atoms with Crippen molar-refractivity contribution < 1.29 is 23.1 Å². The second-order valence-corrected chi connectivity index (χ2v) is 9.30. The third kappa shape index (κ3) is 4.63. The van der Waals surface area contributed by atoms with E-state index in [0.717, 1.165) is 44.1 Å². The molecule has 4 nitrogen and oxygen atoms in total. The lowest BCUT2D eigenvalue weighted by molar-refractivity contribution is -0.258. The van der Waals surface area contributed by atoms with Gasteiger partial charge in [0.15, 0.2) is 5.60 Å². The van der Waals surface area contributed by atoms with Crippen molar-refractivity contribution in [3.8, 4) is 6.07 Å². The standard InChI is InChI=1S/C26H27F3N2O2/c1-25(33,26(27,28)29)20-10-6-18(7-11-20)24(32)31(22-14-15-22)21-12-8-17(9-13-21)23-5-3-2-4-19(23)16-30/h2-7,10-11,17,21-22,33H,8-9,12-15H2,1H3/t17?,21?,25-/m0/s1. The summed E-state index contributed by atoms with van der Waals surface area (Å²) in [7, 11) is 0. The molecule has 2 aliphatic rings. The Hall–Kier alpha value is -2.85. The molecule has 1 atom stereocenters. The molecule has 1 amide bonds. The summed E-state index contributed by atoms with van der Waals surface area (Å²) in [6, 6.07) is 15.3. The highest BCUT2D eigenvalue weighted by Gasteiger charge is 2.51. The minimum atomic E-state index is -4.80. The summed E-state index contributed by atoms with van der Waals surface area (Å²) < 4.78 is 39.4. The van der Waals surface area contributed by atoms with Gasteiger partial charge in [-0.2, -0.15) is 18.4 Å². The van der Waals surface area contributed by atoms with E-state index in [1.165, 1.54) is 24.3 Å². The average molecular weight is 457 g/mol. The zero-order valence-corrected chi connectivity index (χ0v) is 18.5. The van der Waals surface area contributed by atoms with Gasteiger partial charge in [0, 0.05) is 17.6 Å². The molecule has 0 aliphatic heterocycles. The van der Waals surface area contributed by atoms with Gasteiger partial charge < -0.3 is 10.0 Å². The highest BCUT2D eigenvalue weighted by molar-refractivity contribution is 5.95. The fourth-order valence-electron chi connectivity index (χ4n) is 4.85. The maximum absolute atomic E-state index is 13.3. The van der Waals surface area contributed by atoms with Crippen molar-refractivity contribution in [1.29, 1.82) is 5.26 Å². The highest BCUT2D eigenvalue weighted by atomic mass is 19.4. The summed E-state index contributed by atoms with van der Waals surface area (Å²) in [6.45, 7) is 0.712. The minimum Gasteiger partial charge on any atom is -0.376 e. The van der Waals surface area contributed by atoms with Crippen LogP contribution in [0.1, 0.15) is 78.4 Å². The topological polar surface area (TPSA) is 64.3 Å². The van der Waals surface area contributed by atoms with E-state index in [2.05, 4.69) is 6.07 Å². The molecule has 4 rings (SSSR count). The van der Waals surface area contributed by atoms with E-state index in [1.54, 1.807) is 0 Å². The van der Waals surface area contributed by atoms with Crippen LogP contribution in [0.25, 0.3) is 0 Å². The van der Waals surface area contributed by atoms with Crippen molar-refractivity contribution in [3.63, 3.8) is 0 Å². The number of nitrogens with zero attached hydrogens (tertiary/aromatic N) is 2. The van der Waals surface area contributed by atoms with Gasteiger partial charge in [0.2, 0.25) is 0 Å². The number of benzene rings is 2. The molecule has 0 aromatic heterocycles. The van der Waals surface area contributed by atoms with E-state index in [1.807, 2.05) is 29.2 Å². The molecule has 0 radical (unpaired) electrons. The summed E-state index contributed by atoms with van der Waals surface area (Å²) in [5, 5.41) is 19.3. The molecule has 33 heavy (non-hydrogen) atoms. The summed E-state index contributed by atoms with van der Waals surface area (Å²) in [5.41, 5.74) is -1.16. The van der Waals surface area contributed by atoms with Crippen LogP contribution in [0.15, 0.2) is 48.5 Å². The molecular formula is C26H27F3N2O2. The molecule has 7 heteroatoms. The first-order valence-electron chi connectivity index (χ1n) is 11.3.